The highest BCUT2D eigenvalue weighted by atomic mass is 16.5. The molecule has 4 aliphatic heterocycles. The molecule has 0 saturated carbocycles. The molecule has 0 bridgehead atoms. The van der Waals surface area contributed by atoms with Gasteiger partial charge in [-0.1, -0.05) is 62.3 Å². The van der Waals surface area contributed by atoms with E-state index >= 15 is 0 Å². The van der Waals surface area contributed by atoms with Crippen molar-refractivity contribution in [2.24, 2.45) is 11.8 Å². The van der Waals surface area contributed by atoms with Gasteiger partial charge in [0.25, 0.3) is 0 Å². The van der Waals surface area contributed by atoms with E-state index in [1.807, 2.05) is 66.5 Å². The Morgan fingerprint density at radius 2 is 1.63 bits per heavy atom. The molecule has 4 aliphatic rings. The van der Waals surface area contributed by atoms with Crippen molar-refractivity contribution in [2.45, 2.75) is 63.2 Å². The summed E-state index contributed by atoms with van der Waals surface area (Å²) in [5.41, 5.74) is -1.49. The maximum atomic E-state index is 14.2. The molecule has 1 N–H and O–H groups in total. The second kappa shape index (κ2) is 10.7. The first-order valence-electron chi connectivity index (χ1n) is 14.0. The van der Waals surface area contributed by atoms with Crippen molar-refractivity contribution >= 4 is 23.4 Å². The normalized spacial score (nSPS) is 32.3. The van der Waals surface area contributed by atoms with E-state index in [2.05, 4.69) is 6.92 Å². The molecule has 38 heavy (non-hydrogen) atoms. The van der Waals surface area contributed by atoms with Gasteiger partial charge in [-0.2, -0.15) is 0 Å². The summed E-state index contributed by atoms with van der Waals surface area (Å²) >= 11 is 0. The van der Waals surface area contributed by atoms with Crippen LogP contribution in [-0.2, 0) is 19.1 Å². The molecular weight excluding hydrogens is 482 g/mol. The highest BCUT2D eigenvalue weighted by Gasteiger charge is 2.74. The van der Waals surface area contributed by atoms with Gasteiger partial charge in [-0.3, -0.25) is 14.4 Å². The zero-order valence-corrected chi connectivity index (χ0v) is 22.4. The number of ether oxygens (including phenoxy) is 1. The van der Waals surface area contributed by atoms with Gasteiger partial charge < -0.3 is 24.5 Å². The van der Waals surface area contributed by atoms with Gasteiger partial charge >= 0.3 is 0 Å². The van der Waals surface area contributed by atoms with Crippen molar-refractivity contribution in [2.75, 3.05) is 37.7 Å². The largest absolute Gasteiger partial charge is 0.396 e. The van der Waals surface area contributed by atoms with Gasteiger partial charge in [0, 0.05) is 38.5 Å². The van der Waals surface area contributed by atoms with Crippen LogP contribution in [0.15, 0.2) is 54.6 Å². The van der Waals surface area contributed by atoms with Crippen molar-refractivity contribution in [1.82, 2.24) is 9.80 Å². The van der Waals surface area contributed by atoms with Crippen LogP contribution in [0.5, 0.6) is 0 Å². The predicted molar refractivity (Wildman–Crippen MR) is 144 cm³/mol. The minimum absolute atomic E-state index is 0.0186. The summed E-state index contributed by atoms with van der Waals surface area (Å²) in [5.74, 6) is -2.10. The summed E-state index contributed by atoms with van der Waals surface area (Å²) in [7, 11) is 0. The van der Waals surface area contributed by atoms with Gasteiger partial charge in [-0.15, -0.1) is 0 Å². The van der Waals surface area contributed by atoms with Crippen LogP contribution in [0.4, 0.5) is 5.69 Å². The van der Waals surface area contributed by atoms with Crippen molar-refractivity contribution in [3.05, 3.63) is 54.6 Å². The fourth-order valence-corrected chi connectivity index (χ4v) is 6.80. The van der Waals surface area contributed by atoms with E-state index in [-0.39, 0.29) is 24.3 Å². The molecule has 8 heteroatoms. The standard InChI is InChI=1S/C30H39N3O5/c1-3-4-8-17-31-18-12-16-30-24(27(36)33(19-9-10-21-34)25(30)28(31)37)23-26(35)32(22-13-6-5-7-14-22)20-11-15-29(23,2)38-30/h5-7,11-16,23-25,34H,3-4,8-10,17-21H2,1-2H3/t23-,24+,25?,29+,30+/m1/s1. The number of rotatable bonds is 9. The molecule has 5 atom stereocenters. The van der Waals surface area contributed by atoms with Crippen molar-refractivity contribution < 1.29 is 24.2 Å². The van der Waals surface area contributed by atoms with Gasteiger partial charge in [-0.05, 0) is 38.3 Å². The molecular formula is C30H39N3O5. The van der Waals surface area contributed by atoms with Gasteiger partial charge in [0.2, 0.25) is 17.7 Å². The molecule has 1 unspecified atom stereocenters. The lowest BCUT2D eigenvalue weighted by atomic mass is 9.74. The fraction of sp³-hybridized carbons (Fsp3) is 0.567. The van der Waals surface area contributed by atoms with E-state index in [1.165, 1.54) is 0 Å². The number of unbranched alkanes of at least 4 members (excludes halogenated alkanes) is 3. The smallest absolute Gasteiger partial charge is 0.249 e. The van der Waals surface area contributed by atoms with Gasteiger partial charge in [0.1, 0.15) is 11.6 Å². The number of likely N-dealkylation sites (tertiary alicyclic amines) is 1. The van der Waals surface area contributed by atoms with Crippen LogP contribution in [0.3, 0.4) is 0 Å². The first-order chi connectivity index (χ1) is 18.4. The SMILES string of the molecule is CCCCCN1CC=C[C@]23O[C@@]4(C)C=CCN(c5ccccc5)C(=O)[C@H]4[C@H]2C(=O)N(CCCCO)C3C1=O. The number of nitrogens with zero attached hydrogens (tertiary/aromatic N) is 3. The number of amides is 3. The van der Waals surface area contributed by atoms with Crippen LogP contribution >= 0.6 is 0 Å². The van der Waals surface area contributed by atoms with E-state index in [4.69, 9.17) is 4.74 Å². The first-order valence-corrected chi connectivity index (χ1v) is 14.0. The Labute approximate surface area is 224 Å². The number of carbonyl (C=O) groups excluding carboxylic acids is 3. The van der Waals surface area contributed by atoms with Gasteiger partial charge in [-0.25, -0.2) is 0 Å². The molecule has 2 fully saturated rings. The maximum Gasteiger partial charge on any atom is 0.249 e. The third-order valence-corrected chi connectivity index (χ3v) is 8.55. The van der Waals surface area contributed by atoms with Crippen LogP contribution in [0.25, 0.3) is 0 Å². The molecule has 1 spiro atoms. The van der Waals surface area contributed by atoms with Gasteiger partial charge in [0.05, 0.1) is 17.4 Å². The summed E-state index contributed by atoms with van der Waals surface area (Å²) in [6.45, 7) is 5.81. The summed E-state index contributed by atoms with van der Waals surface area (Å²) in [6, 6.07) is 8.63. The molecule has 8 nitrogen and oxygen atoms in total. The number of benzene rings is 1. The molecule has 0 aliphatic carbocycles. The number of anilines is 1. The molecule has 1 aromatic rings. The number of hydrogen-bond donors (Lipinski definition) is 1. The average Bonchev–Trinajstić information content (AvgIpc) is 3.17. The Morgan fingerprint density at radius 1 is 0.895 bits per heavy atom. The Hall–Kier alpha value is -2.97. The van der Waals surface area contributed by atoms with Crippen LogP contribution < -0.4 is 4.90 Å². The quantitative estimate of drug-likeness (QED) is 0.399. The topological polar surface area (TPSA) is 90.4 Å². The second-order valence-electron chi connectivity index (χ2n) is 11.0. The minimum Gasteiger partial charge on any atom is -0.396 e. The van der Waals surface area contributed by atoms with Crippen molar-refractivity contribution in [3.8, 4) is 0 Å². The number of fused-ring (bicyclic) bond motifs is 2. The van der Waals surface area contributed by atoms with E-state index in [0.29, 0.717) is 39.0 Å². The average molecular weight is 522 g/mol. The second-order valence-corrected chi connectivity index (χ2v) is 11.0. The number of aliphatic hydroxyl groups is 1. The maximum absolute atomic E-state index is 14.2. The predicted octanol–water partition coefficient (Wildman–Crippen LogP) is 2.92. The van der Waals surface area contributed by atoms with Crippen LogP contribution in [0.2, 0.25) is 0 Å². The highest BCUT2D eigenvalue weighted by Crippen LogP contribution is 2.57. The van der Waals surface area contributed by atoms with Crippen LogP contribution in [-0.4, -0.2) is 82.7 Å². The summed E-state index contributed by atoms with van der Waals surface area (Å²) in [6.07, 6.45) is 11.8. The molecule has 204 valence electrons. The third-order valence-electron chi connectivity index (χ3n) is 8.55. The number of para-hydroxylation sites is 1. The zero-order valence-electron chi connectivity index (χ0n) is 22.4. The summed E-state index contributed by atoms with van der Waals surface area (Å²) in [4.78, 5) is 47.8. The molecule has 1 aromatic carbocycles. The van der Waals surface area contributed by atoms with Crippen LogP contribution in [0, 0.1) is 11.8 Å². The van der Waals surface area contributed by atoms with E-state index in [9.17, 15) is 19.5 Å². The lowest BCUT2D eigenvalue weighted by Gasteiger charge is -2.37. The summed E-state index contributed by atoms with van der Waals surface area (Å²) < 4.78 is 6.85. The lowest BCUT2D eigenvalue weighted by molar-refractivity contribution is -0.151. The molecule has 0 aromatic heterocycles. The van der Waals surface area contributed by atoms with Crippen molar-refractivity contribution in [3.63, 3.8) is 0 Å². The Balaban J connectivity index is 1.56. The molecule has 0 radical (unpaired) electrons. The highest BCUT2D eigenvalue weighted by molar-refractivity contribution is 6.04. The third kappa shape index (κ3) is 4.28. The number of carbonyl (C=O) groups is 3. The van der Waals surface area contributed by atoms with Crippen molar-refractivity contribution in [1.29, 1.82) is 0 Å². The van der Waals surface area contributed by atoms with E-state index in [1.54, 1.807) is 9.80 Å². The molecule has 4 heterocycles. The monoisotopic (exact) mass is 521 g/mol. The zero-order chi connectivity index (χ0) is 26.9. The van der Waals surface area contributed by atoms with Gasteiger partial charge in [0.15, 0.2) is 0 Å². The fourth-order valence-electron chi connectivity index (χ4n) is 6.80. The first kappa shape index (κ1) is 26.6. The lowest BCUT2D eigenvalue weighted by Crippen LogP contribution is -2.56. The Morgan fingerprint density at radius 3 is 2.37 bits per heavy atom. The number of aliphatic hydroxyl groups excluding tert-OH is 1. The number of hydrogen-bond acceptors (Lipinski definition) is 5. The summed E-state index contributed by atoms with van der Waals surface area (Å²) in [5, 5.41) is 9.38. The van der Waals surface area contributed by atoms with E-state index < -0.39 is 29.1 Å². The van der Waals surface area contributed by atoms with Crippen LogP contribution in [0.1, 0.15) is 46.0 Å². The molecule has 2 saturated heterocycles. The Bertz CT molecular complexity index is 1120. The molecule has 5 rings (SSSR count). The molecule has 3 amide bonds. The Kier molecular flexibility index (Phi) is 7.47. The minimum atomic E-state index is -1.23. The van der Waals surface area contributed by atoms with E-state index in [0.717, 1.165) is 24.9 Å².